The fourth-order valence-electron chi connectivity index (χ4n) is 2.31. The molecule has 3 aromatic rings. The molecule has 0 aliphatic rings. The first-order chi connectivity index (χ1) is 12.0. The summed E-state index contributed by atoms with van der Waals surface area (Å²) in [5.41, 5.74) is 2.15. The average molecular weight is 359 g/mol. The van der Waals surface area contributed by atoms with Crippen molar-refractivity contribution in [3.05, 3.63) is 71.0 Å². The molecule has 3 rings (SSSR count). The average Bonchev–Trinajstić information content (AvgIpc) is 3.07. The van der Waals surface area contributed by atoms with Crippen LogP contribution in [0.25, 0.3) is 11.3 Å². The Kier molecular flexibility index (Phi) is 5.14. The normalized spacial score (nSPS) is 10.7. The third-order valence-corrected chi connectivity index (χ3v) is 3.97. The van der Waals surface area contributed by atoms with E-state index >= 15 is 0 Å². The molecule has 1 heterocycles. The number of hydrogen-bond donors (Lipinski definition) is 1. The van der Waals surface area contributed by atoms with Crippen LogP contribution in [0.4, 0.5) is 10.1 Å². The highest BCUT2D eigenvalue weighted by molar-refractivity contribution is 6.31. The molecule has 0 bridgehead atoms. The Bertz CT molecular complexity index is 891. The number of anilines is 1. The summed E-state index contributed by atoms with van der Waals surface area (Å²) in [6, 6.07) is 12.3. The van der Waals surface area contributed by atoms with Gasteiger partial charge in [-0.1, -0.05) is 47.5 Å². The second-order valence-electron chi connectivity index (χ2n) is 5.63. The molecular weight excluding hydrogens is 343 g/mol. The van der Waals surface area contributed by atoms with Gasteiger partial charge in [0.05, 0.1) is 16.9 Å². The van der Waals surface area contributed by atoms with Gasteiger partial charge in [-0.05, 0) is 19.1 Å². The maximum Gasteiger partial charge on any atom is 0.224 e. The minimum Gasteiger partial charge on any atom is -0.441 e. The van der Waals surface area contributed by atoms with Crippen LogP contribution in [0.3, 0.4) is 0 Å². The summed E-state index contributed by atoms with van der Waals surface area (Å²) in [6.07, 6.45) is 2.08. The van der Waals surface area contributed by atoms with Crippen molar-refractivity contribution in [3.63, 3.8) is 0 Å². The van der Waals surface area contributed by atoms with E-state index in [1.165, 1.54) is 12.1 Å². The van der Waals surface area contributed by atoms with Crippen molar-refractivity contribution < 1.29 is 13.6 Å². The summed E-state index contributed by atoms with van der Waals surface area (Å²) in [4.78, 5) is 16.2. The number of amides is 1. The molecule has 25 heavy (non-hydrogen) atoms. The second kappa shape index (κ2) is 7.49. The molecule has 1 aromatic heterocycles. The fraction of sp³-hybridized carbons (Fsp3) is 0.158. The Morgan fingerprint density at radius 3 is 2.76 bits per heavy atom. The monoisotopic (exact) mass is 358 g/mol. The van der Waals surface area contributed by atoms with Gasteiger partial charge in [-0.15, -0.1) is 0 Å². The van der Waals surface area contributed by atoms with Crippen molar-refractivity contribution in [2.75, 3.05) is 5.32 Å². The first-order valence-corrected chi connectivity index (χ1v) is 8.16. The van der Waals surface area contributed by atoms with Crippen molar-refractivity contribution in [3.8, 4) is 11.3 Å². The summed E-state index contributed by atoms with van der Waals surface area (Å²) in [5.74, 6) is 0.125. The molecule has 0 saturated carbocycles. The van der Waals surface area contributed by atoms with Gasteiger partial charge in [-0.2, -0.15) is 0 Å². The molecule has 2 aromatic carbocycles. The molecule has 0 unspecified atom stereocenters. The van der Waals surface area contributed by atoms with Crippen LogP contribution < -0.4 is 5.32 Å². The van der Waals surface area contributed by atoms with Gasteiger partial charge in [0.15, 0.2) is 17.5 Å². The van der Waals surface area contributed by atoms with E-state index in [4.69, 9.17) is 16.0 Å². The van der Waals surface area contributed by atoms with Crippen LogP contribution in [0.2, 0.25) is 5.02 Å². The number of halogens is 2. The number of nitrogens with zero attached hydrogens (tertiary/aromatic N) is 1. The predicted molar refractivity (Wildman–Crippen MR) is 95.0 cm³/mol. The van der Waals surface area contributed by atoms with E-state index in [9.17, 15) is 9.18 Å². The van der Waals surface area contributed by atoms with Crippen LogP contribution in [-0.2, 0) is 11.2 Å². The van der Waals surface area contributed by atoms with Crippen molar-refractivity contribution in [1.82, 2.24) is 4.98 Å². The molecular formula is C19H16ClFN2O2. The fourth-order valence-corrected chi connectivity index (χ4v) is 2.49. The third-order valence-electron chi connectivity index (χ3n) is 3.68. The number of benzene rings is 2. The zero-order chi connectivity index (χ0) is 17.8. The second-order valence-corrected chi connectivity index (χ2v) is 6.04. The highest BCUT2D eigenvalue weighted by Gasteiger charge is 2.12. The number of oxazole rings is 1. The van der Waals surface area contributed by atoms with Gasteiger partial charge in [0.1, 0.15) is 0 Å². The van der Waals surface area contributed by atoms with Gasteiger partial charge in [-0.3, -0.25) is 4.79 Å². The lowest BCUT2D eigenvalue weighted by Crippen LogP contribution is -2.13. The molecule has 0 atom stereocenters. The first kappa shape index (κ1) is 17.2. The Morgan fingerprint density at radius 2 is 2.00 bits per heavy atom. The van der Waals surface area contributed by atoms with E-state index in [-0.39, 0.29) is 23.0 Å². The molecule has 0 spiro atoms. The van der Waals surface area contributed by atoms with Crippen LogP contribution in [0.5, 0.6) is 0 Å². The number of aromatic nitrogens is 1. The molecule has 0 radical (unpaired) electrons. The Labute approximate surface area is 149 Å². The van der Waals surface area contributed by atoms with Crippen molar-refractivity contribution in [2.24, 2.45) is 0 Å². The zero-order valence-corrected chi connectivity index (χ0v) is 14.3. The third kappa shape index (κ3) is 4.25. The van der Waals surface area contributed by atoms with E-state index in [1.54, 1.807) is 12.3 Å². The van der Waals surface area contributed by atoms with Crippen LogP contribution >= 0.6 is 11.6 Å². The maximum atomic E-state index is 13.8. The largest absolute Gasteiger partial charge is 0.441 e. The van der Waals surface area contributed by atoms with E-state index in [1.807, 2.05) is 31.2 Å². The van der Waals surface area contributed by atoms with Gasteiger partial charge in [0.2, 0.25) is 5.91 Å². The quantitative estimate of drug-likeness (QED) is 0.697. The summed E-state index contributed by atoms with van der Waals surface area (Å²) in [7, 11) is 0. The molecule has 1 N–H and O–H groups in total. The first-order valence-electron chi connectivity index (χ1n) is 7.78. The topological polar surface area (TPSA) is 55.1 Å². The van der Waals surface area contributed by atoms with Crippen molar-refractivity contribution in [1.29, 1.82) is 0 Å². The molecule has 0 fully saturated rings. The van der Waals surface area contributed by atoms with E-state index < -0.39 is 5.82 Å². The van der Waals surface area contributed by atoms with Crippen molar-refractivity contribution in [2.45, 2.75) is 19.8 Å². The molecule has 0 aliphatic carbocycles. The molecule has 6 heteroatoms. The highest BCUT2D eigenvalue weighted by atomic mass is 35.5. The minimum absolute atomic E-state index is 0.0340. The lowest BCUT2D eigenvalue weighted by Gasteiger charge is -2.06. The zero-order valence-electron chi connectivity index (χ0n) is 13.6. The van der Waals surface area contributed by atoms with Gasteiger partial charge in [0.25, 0.3) is 0 Å². The SMILES string of the molecule is Cc1ccc(-c2cnc(CCC(=O)Nc3cccc(Cl)c3F)o2)cc1. The molecule has 0 saturated heterocycles. The smallest absolute Gasteiger partial charge is 0.224 e. The maximum absolute atomic E-state index is 13.8. The van der Waals surface area contributed by atoms with Gasteiger partial charge in [-0.25, -0.2) is 9.37 Å². The number of carbonyl (C=O) groups excluding carboxylic acids is 1. The van der Waals surface area contributed by atoms with Crippen LogP contribution in [0.15, 0.2) is 53.1 Å². The van der Waals surface area contributed by atoms with E-state index in [0.717, 1.165) is 11.1 Å². The van der Waals surface area contributed by atoms with E-state index in [2.05, 4.69) is 10.3 Å². The van der Waals surface area contributed by atoms with Crippen LogP contribution in [-0.4, -0.2) is 10.9 Å². The summed E-state index contributed by atoms with van der Waals surface area (Å²) >= 11 is 5.69. The standard InChI is InChI=1S/C19H16ClFN2O2/c1-12-5-7-13(8-6-12)16-11-22-18(25-16)10-9-17(24)23-15-4-2-3-14(20)19(15)21/h2-8,11H,9-10H2,1H3,(H,23,24). The number of aryl methyl sites for hydroxylation is 2. The van der Waals surface area contributed by atoms with Gasteiger partial charge < -0.3 is 9.73 Å². The Hall–Kier alpha value is -2.66. The van der Waals surface area contributed by atoms with Crippen molar-refractivity contribution >= 4 is 23.2 Å². The number of hydrogen-bond acceptors (Lipinski definition) is 3. The number of carbonyl (C=O) groups is 1. The Morgan fingerprint density at radius 1 is 1.24 bits per heavy atom. The van der Waals surface area contributed by atoms with Gasteiger partial charge in [0, 0.05) is 18.4 Å². The summed E-state index contributed by atoms with van der Waals surface area (Å²) < 4.78 is 19.4. The van der Waals surface area contributed by atoms with Gasteiger partial charge >= 0.3 is 0 Å². The van der Waals surface area contributed by atoms with Crippen LogP contribution in [0.1, 0.15) is 17.9 Å². The lowest BCUT2D eigenvalue weighted by atomic mass is 10.1. The number of rotatable bonds is 5. The molecule has 1 amide bonds. The minimum atomic E-state index is -0.643. The predicted octanol–water partition coefficient (Wildman–Crippen LogP) is 5.01. The molecule has 4 nitrogen and oxygen atoms in total. The van der Waals surface area contributed by atoms with Crippen LogP contribution in [0, 0.1) is 12.7 Å². The van der Waals surface area contributed by atoms with E-state index in [0.29, 0.717) is 18.1 Å². The Balaban J connectivity index is 1.59. The lowest BCUT2D eigenvalue weighted by molar-refractivity contribution is -0.116. The highest BCUT2D eigenvalue weighted by Crippen LogP contribution is 2.23. The number of nitrogens with one attached hydrogen (secondary N) is 1. The molecule has 128 valence electrons. The summed E-state index contributed by atoms with van der Waals surface area (Å²) in [5, 5.41) is 2.46. The molecule has 0 aliphatic heterocycles. The summed E-state index contributed by atoms with van der Waals surface area (Å²) in [6.45, 7) is 2.01.